The molecule has 0 spiro atoms. The summed E-state index contributed by atoms with van der Waals surface area (Å²) in [7, 11) is 0. The standard InChI is InChI=1S/C42H42O19/c43-10-14-6-19-27(22(48)8-14)33(53)26-16(2-1-3-21(26)47)41(19,39-37(57)35(55)31(51)24(12-45)60-39)18-5-4-17-29(30(18)50)34(54)28-20(7-15(11-44)9-23(28)49)42(17,59)40-38(58)36(56)32(52)25(13-46)61-40/h1-9,24-25,31-32,35-40,43-52,55-59H,10-13H2/t24-,25-,31+,32+,35-,36+,37+,38+,39-,40-,41-,42+/m1/s1. The van der Waals surface area contributed by atoms with Crippen LogP contribution in [0.5, 0.6) is 23.0 Å². The van der Waals surface area contributed by atoms with Crippen molar-refractivity contribution >= 4 is 11.6 Å². The quantitative estimate of drug-likeness (QED) is 0.0872. The van der Waals surface area contributed by atoms with Crippen molar-refractivity contribution in [2.24, 2.45) is 0 Å². The number of phenols is 4. The van der Waals surface area contributed by atoms with E-state index in [9.17, 15) is 86.2 Å². The zero-order valence-corrected chi connectivity index (χ0v) is 31.6. The van der Waals surface area contributed by atoms with Crippen LogP contribution in [0.25, 0.3) is 0 Å². The molecular formula is C42H42O19. The van der Waals surface area contributed by atoms with E-state index in [-0.39, 0.29) is 22.3 Å². The third kappa shape index (κ3) is 5.72. The Kier molecular flexibility index (Phi) is 10.5. The molecule has 2 fully saturated rings. The Bertz CT molecular complexity index is 2450. The Morgan fingerprint density at radius 2 is 0.967 bits per heavy atom. The molecule has 12 atom stereocenters. The second-order valence-corrected chi connectivity index (χ2v) is 15.7. The van der Waals surface area contributed by atoms with Gasteiger partial charge >= 0.3 is 0 Å². The lowest BCUT2D eigenvalue weighted by molar-refractivity contribution is -0.265. The van der Waals surface area contributed by atoms with Crippen LogP contribution >= 0.6 is 0 Å². The van der Waals surface area contributed by atoms with Crippen LogP contribution in [-0.4, -0.2) is 162 Å². The summed E-state index contributed by atoms with van der Waals surface area (Å²) >= 11 is 0. The lowest BCUT2D eigenvalue weighted by Gasteiger charge is -2.52. The number of phenolic OH excluding ortho intramolecular Hbond substituents is 4. The van der Waals surface area contributed by atoms with E-state index >= 15 is 0 Å². The van der Waals surface area contributed by atoms with Crippen molar-refractivity contribution in [2.75, 3.05) is 13.2 Å². The highest BCUT2D eigenvalue weighted by atomic mass is 16.6. The number of ether oxygens (including phenoxy) is 2. The van der Waals surface area contributed by atoms with Gasteiger partial charge in [0.05, 0.1) is 54.1 Å². The average Bonchev–Trinajstić information content (AvgIpc) is 3.24. The van der Waals surface area contributed by atoms with Crippen LogP contribution in [0.15, 0.2) is 54.6 Å². The number of carbonyl (C=O) groups is 2. The molecule has 0 saturated carbocycles. The van der Waals surface area contributed by atoms with E-state index in [4.69, 9.17) is 9.47 Å². The van der Waals surface area contributed by atoms with Crippen molar-refractivity contribution < 1.29 is 95.7 Å². The van der Waals surface area contributed by atoms with E-state index in [1.807, 2.05) is 0 Å². The molecular weight excluding hydrogens is 808 g/mol. The minimum absolute atomic E-state index is 0.0642. The third-order valence-electron chi connectivity index (χ3n) is 12.6. The summed E-state index contributed by atoms with van der Waals surface area (Å²) in [6, 6.07) is 9.95. The zero-order chi connectivity index (χ0) is 44.2. The highest BCUT2D eigenvalue weighted by Crippen LogP contribution is 2.59. The van der Waals surface area contributed by atoms with Crippen molar-refractivity contribution in [3.05, 3.63) is 116 Å². The topological polar surface area (TPSA) is 356 Å². The normalized spacial score (nSPS) is 33.1. The first-order valence-corrected chi connectivity index (χ1v) is 19.0. The van der Waals surface area contributed by atoms with Gasteiger partial charge < -0.3 is 86.1 Å². The maximum Gasteiger partial charge on any atom is 0.201 e. The molecule has 19 heteroatoms. The Labute approximate surface area is 344 Å². The van der Waals surface area contributed by atoms with Crippen LogP contribution < -0.4 is 0 Å². The number of aliphatic hydroxyl groups excluding tert-OH is 10. The summed E-state index contributed by atoms with van der Waals surface area (Å²) in [5.74, 6) is -5.69. The molecule has 61 heavy (non-hydrogen) atoms. The van der Waals surface area contributed by atoms with Gasteiger partial charge in [-0.1, -0.05) is 30.3 Å². The van der Waals surface area contributed by atoms with E-state index in [0.29, 0.717) is 0 Å². The molecule has 0 unspecified atom stereocenters. The van der Waals surface area contributed by atoms with Gasteiger partial charge in [-0.15, -0.1) is 0 Å². The highest BCUT2D eigenvalue weighted by Gasteiger charge is 2.63. The van der Waals surface area contributed by atoms with Crippen molar-refractivity contribution in [3.8, 4) is 23.0 Å². The van der Waals surface area contributed by atoms with Gasteiger partial charge in [-0.25, -0.2) is 0 Å². The number of rotatable bonds is 7. The number of carbonyl (C=O) groups excluding carboxylic acids is 2. The first-order chi connectivity index (χ1) is 28.9. The van der Waals surface area contributed by atoms with Crippen LogP contribution in [-0.2, 0) is 33.7 Å². The number of hydrogen-bond donors (Lipinski definition) is 15. The molecule has 324 valence electrons. The number of aromatic hydroxyl groups is 4. The average molecular weight is 851 g/mol. The van der Waals surface area contributed by atoms with E-state index in [1.54, 1.807) is 0 Å². The molecule has 4 aromatic carbocycles. The van der Waals surface area contributed by atoms with Crippen LogP contribution in [0.4, 0.5) is 0 Å². The molecule has 0 aromatic heterocycles. The van der Waals surface area contributed by atoms with Crippen LogP contribution in [0.3, 0.4) is 0 Å². The lowest BCUT2D eigenvalue weighted by Crippen LogP contribution is -2.65. The van der Waals surface area contributed by atoms with Gasteiger partial charge in [0.2, 0.25) is 11.6 Å². The summed E-state index contributed by atoms with van der Waals surface area (Å²) in [6.45, 7) is -3.48. The van der Waals surface area contributed by atoms with Gasteiger partial charge in [0.1, 0.15) is 89.6 Å². The third-order valence-corrected chi connectivity index (χ3v) is 12.6. The predicted octanol–water partition coefficient (Wildman–Crippen LogP) is -3.16. The molecule has 2 aliphatic carbocycles. The van der Waals surface area contributed by atoms with Crippen molar-refractivity contribution in [3.63, 3.8) is 0 Å². The molecule has 19 nitrogen and oxygen atoms in total. The fourth-order valence-corrected chi connectivity index (χ4v) is 9.71. The maximum absolute atomic E-state index is 14.9. The van der Waals surface area contributed by atoms with Crippen LogP contribution in [0.2, 0.25) is 0 Å². The van der Waals surface area contributed by atoms with Crippen molar-refractivity contribution in [1.82, 2.24) is 0 Å². The fourth-order valence-electron chi connectivity index (χ4n) is 9.71. The van der Waals surface area contributed by atoms with E-state index in [1.165, 1.54) is 18.2 Å². The van der Waals surface area contributed by atoms with Gasteiger partial charge in [0.25, 0.3) is 0 Å². The Balaban J connectivity index is 1.53. The molecule has 0 bridgehead atoms. The highest BCUT2D eigenvalue weighted by molar-refractivity contribution is 6.18. The molecule has 2 heterocycles. The second-order valence-electron chi connectivity index (χ2n) is 15.7. The van der Waals surface area contributed by atoms with Gasteiger partial charge in [0, 0.05) is 16.7 Å². The summed E-state index contributed by atoms with van der Waals surface area (Å²) in [4.78, 5) is 29.2. The fraction of sp³-hybridized carbons (Fsp3) is 0.381. The Morgan fingerprint density at radius 1 is 0.492 bits per heavy atom. The van der Waals surface area contributed by atoms with Crippen molar-refractivity contribution in [2.45, 2.75) is 85.3 Å². The Hall–Kier alpha value is -5.10. The maximum atomic E-state index is 14.9. The summed E-state index contributed by atoms with van der Waals surface area (Å²) in [5.41, 5.74) is -10.6. The SMILES string of the molecule is O=C1c2c(O)cccc2[C@](c2ccc3c(c2O)C(=O)c2c(O)cc(CO)cc2[C@]3(O)[C@@H]2O[C@H](CO)[C@H](O)[C@H](O)[C@@H]2O)([C@@H]2O[C@H](CO)[C@H](O)[C@@H](O)[C@@H]2O)c2cc(CO)cc(O)c21. The van der Waals surface area contributed by atoms with Gasteiger partial charge in [-0.05, 0) is 46.5 Å². The number of ketones is 2. The van der Waals surface area contributed by atoms with Crippen LogP contribution in [0, 0.1) is 0 Å². The van der Waals surface area contributed by atoms with E-state index in [0.717, 1.165) is 36.4 Å². The van der Waals surface area contributed by atoms with E-state index < -0.39 is 172 Å². The Morgan fingerprint density at radius 3 is 1.52 bits per heavy atom. The molecule has 8 rings (SSSR count). The lowest BCUT2D eigenvalue weighted by atomic mass is 9.56. The molecule has 0 radical (unpaired) electrons. The van der Waals surface area contributed by atoms with Gasteiger partial charge in [-0.3, -0.25) is 9.59 Å². The first kappa shape index (κ1) is 42.6. The predicted molar refractivity (Wildman–Crippen MR) is 202 cm³/mol. The molecule has 0 amide bonds. The zero-order valence-electron chi connectivity index (χ0n) is 31.6. The molecule has 15 N–H and O–H groups in total. The largest absolute Gasteiger partial charge is 0.507 e. The summed E-state index contributed by atoms with van der Waals surface area (Å²) < 4.78 is 12.0. The molecule has 2 aliphatic heterocycles. The number of benzene rings is 4. The monoisotopic (exact) mass is 850 g/mol. The van der Waals surface area contributed by atoms with Gasteiger partial charge in [-0.2, -0.15) is 0 Å². The smallest absolute Gasteiger partial charge is 0.201 e. The number of hydrogen-bond acceptors (Lipinski definition) is 19. The summed E-state index contributed by atoms with van der Waals surface area (Å²) in [5, 5.41) is 168. The van der Waals surface area contributed by atoms with Crippen LogP contribution in [0.1, 0.15) is 70.8 Å². The summed E-state index contributed by atoms with van der Waals surface area (Å²) in [6.07, 6.45) is -20.1. The van der Waals surface area contributed by atoms with E-state index in [2.05, 4.69) is 0 Å². The van der Waals surface area contributed by atoms with Gasteiger partial charge in [0.15, 0.2) is 0 Å². The minimum Gasteiger partial charge on any atom is -0.507 e. The first-order valence-electron chi connectivity index (χ1n) is 19.0. The number of fused-ring (bicyclic) bond motifs is 4. The second kappa shape index (κ2) is 15.1. The van der Waals surface area contributed by atoms with Crippen molar-refractivity contribution in [1.29, 1.82) is 0 Å². The molecule has 2 saturated heterocycles. The molecule has 4 aromatic rings. The minimum atomic E-state index is -2.93. The molecule has 4 aliphatic rings. The number of aliphatic hydroxyl groups is 11.